The molecule has 1 fully saturated rings. The maximum Gasteiger partial charge on any atom is 0.321 e. The molecule has 8 heteroatoms. The second-order valence-corrected chi connectivity index (χ2v) is 8.15. The number of benzene rings is 2. The van der Waals surface area contributed by atoms with Gasteiger partial charge in [0.15, 0.2) is 0 Å². The number of likely N-dealkylation sites (tertiary alicyclic amines) is 1. The lowest BCUT2D eigenvalue weighted by molar-refractivity contribution is -0.128. The average molecular weight is 441 g/mol. The second-order valence-electron chi connectivity index (χ2n) is 8.15. The molecule has 1 aliphatic heterocycles. The highest BCUT2D eigenvalue weighted by Crippen LogP contribution is 2.15. The number of anilines is 1. The summed E-state index contributed by atoms with van der Waals surface area (Å²) >= 11 is 0. The van der Waals surface area contributed by atoms with Crippen LogP contribution in [0.3, 0.4) is 0 Å². The van der Waals surface area contributed by atoms with Gasteiger partial charge in [-0.1, -0.05) is 29.8 Å². The molecule has 4 amide bonds. The Morgan fingerprint density at radius 3 is 2.25 bits per heavy atom. The summed E-state index contributed by atoms with van der Waals surface area (Å²) in [6.07, 6.45) is 1.63. The number of aryl methyl sites for hydroxylation is 1. The smallest absolute Gasteiger partial charge is 0.321 e. The number of nitrogens with one attached hydrogen (secondary N) is 3. The van der Waals surface area contributed by atoms with Crippen LogP contribution in [0.4, 0.5) is 14.9 Å². The van der Waals surface area contributed by atoms with E-state index in [1.807, 2.05) is 31.2 Å². The van der Waals surface area contributed by atoms with Gasteiger partial charge in [-0.2, -0.15) is 0 Å². The van der Waals surface area contributed by atoms with Crippen LogP contribution in [0.2, 0.25) is 0 Å². The van der Waals surface area contributed by atoms with Crippen LogP contribution < -0.4 is 16.0 Å². The number of halogens is 1. The van der Waals surface area contributed by atoms with Crippen molar-refractivity contribution in [2.24, 2.45) is 0 Å². The maximum atomic E-state index is 13.0. The van der Waals surface area contributed by atoms with E-state index in [1.165, 1.54) is 31.2 Å². The first-order valence-corrected chi connectivity index (χ1v) is 10.7. The van der Waals surface area contributed by atoms with E-state index >= 15 is 0 Å². The van der Waals surface area contributed by atoms with Crippen molar-refractivity contribution >= 4 is 23.5 Å². The highest BCUT2D eigenvalue weighted by molar-refractivity contribution is 5.89. The summed E-state index contributed by atoms with van der Waals surface area (Å²) in [4.78, 5) is 38.6. The predicted molar refractivity (Wildman–Crippen MR) is 121 cm³/mol. The van der Waals surface area contributed by atoms with Crippen LogP contribution in [0.5, 0.6) is 0 Å². The van der Waals surface area contributed by atoms with Crippen molar-refractivity contribution in [3.63, 3.8) is 0 Å². The molecular formula is C24H29FN4O3. The molecule has 7 nitrogen and oxygen atoms in total. The van der Waals surface area contributed by atoms with E-state index in [-0.39, 0.29) is 29.7 Å². The average Bonchev–Trinajstić information content (AvgIpc) is 2.76. The molecule has 0 saturated carbocycles. The third-order valence-corrected chi connectivity index (χ3v) is 5.48. The number of urea groups is 1. The fourth-order valence-electron chi connectivity index (χ4n) is 3.68. The quantitative estimate of drug-likeness (QED) is 0.645. The first kappa shape index (κ1) is 23.2. The molecule has 170 valence electrons. The normalized spacial score (nSPS) is 15.0. The van der Waals surface area contributed by atoms with Gasteiger partial charge in [-0.15, -0.1) is 0 Å². The molecule has 0 aliphatic carbocycles. The fraction of sp³-hybridized carbons (Fsp3) is 0.375. The van der Waals surface area contributed by atoms with Crippen LogP contribution in [-0.2, 0) is 16.0 Å². The lowest BCUT2D eigenvalue weighted by Gasteiger charge is -2.33. The zero-order valence-electron chi connectivity index (χ0n) is 18.4. The van der Waals surface area contributed by atoms with E-state index in [2.05, 4.69) is 16.0 Å². The largest absolute Gasteiger partial charge is 0.351 e. The van der Waals surface area contributed by atoms with Crippen LogP contribution in [0, 0.1) is 12.7 Å². The van der Waals surface area contributed by atoms with Gasteiger partial charge < -0.3 is 20.9 Å². The van der Waals surface area contributed by atoms with E-state index < -0.39 is 6.04 Å². The minimum Gasteiger partial charge on any atom is -0.351 e. The van der Waals surface area contributed by atoms with Gasteiger partial charge in [0.1, 0.15) is 11.9 Å². The van der Waals surface area contributed by atoms with Gasteiger partial charge in [0, 0.05) is 38.2 Å². The molecule has 0 spiro atoms. The lowest BCUT2D eigenvalue weighted by atomic mass is 10.0. The van der Waals surface area contributed by atoms with Crippen molar-refractivity contribution in [2.75, 3.05) is 18.4 Å². The summed E-state index contributed by atoms with van der Waals surface area (Å²) in [6.45, 7) is 4.36. The standard InChI is InChI=1S/C24H29FN4O3/c1-16-3-5-18(6-4-16)15-22(26-17(2)30)23(31)27-21-11-13-29(14-12-21)24(32)28-20-9-7-19(25)8-10-20/h3-10,21-22H,11-15H2,1-2H3,(H,26,30)(H,27,31)(H,28,32)/t22-/m0/s1. The van der Waals surface area contributed by atoms with Crippen LogP contribution in [0.1, 0.15) is 30.9 Å². The Labute approximate surface area is 187 Å². The fourth-order valence-corrected chi connectivity index (χ4v) is 3.68. The molecule has 32 heavy (non-hydrogen) atoms. The zero-order valence-corrected chi connectivity index (χ0v) is 18.4. The van der Waals surface area contributed by atoms with Gasteiger partial charge >= 0.3 is 6.03 Å². The number of amides is 4. The Morgan fingerprint density at radius 1 is 1.03 bits per heavy atom. The van der Waals surface area contributed by atoms with Crippen LogP contribution in [0.15, 0.2) is 48.5 Å². The summed E-state index contributed by atoms with van der Waals surface area (Å²) in [5.41, 5.74) is 2.63. The molecule has 3 N–H and O–H groups in total. The molecule has 1 atom stereocenters. The third kappa shape index (κ3) is 6.80. The summed E-state index contributed by atoms with van der Waals surface area (Å²) in [6, 6.07) is 12.5. The Bertz CT molecular complexity index is 939. The summed E-state index contributed by atoms with van der Waals surface area (Å²) in [7, 11) is 0. The Morgan fingerprint density at radius 2 is 1.66 bits per heavy atom. The number of carbonyl (C=O) groups excluding carboxylic acids is 3. The molecule has 0 bridgehead atoms. The van der Waals surface area contributed by atoms with E-state index in [0.717, 1.165) is 11.1 Å². The second kappa shape index (κ2) is 10.7. The van der Waals surface area contributed by atoms with Crippen LogP contribution >= 0.6 is 0 Å². The van der Waals surface area contributed by atoms with Crippen LogP contribution in [-0.4, -0.2) is 47.9 Å². The number of hydrogen-bond acceptors (Lipinski definition) is 3. The summed E-state index contributed by atoms with van der Waals surface area (Å²) in [5.74, 6) is -0.848. The molecule has 2 aromatic carbocycles. The Kier molecular flexibility index (Phi) is 7.81. The van der Waals surface area contributed by atoms with Gasteiger partial charge in [0.2, 0.25) is 11.8 Å². The van der Waals surface area contributed by atoms with Gasteiger partial charge in [-0.3, -0.25) is 9.59 Å². The van der Waals surface area contributed by atoms with Crippen molar-refractivity contribution in [1.82, 2.24) is 15.5 Å². The lowest BCUT2D eigenvalue weighted by Crippen LogP contribution is -2.53. The number of nitrogens with zero attached hydrogens (tertiary/aromatic N) is 1. The Balaban J connectivity index is 1.50. The third-order valence-electron chi connectivity index (χ3n) is 5.48. The summed E-state index contributed by atoms with van der Waals surface area (Å²) in [5, 5.41) is 8.51. The predicted octanol–water partition coefficient (Wildman–Crippen LogP) is 2.99. The van der Waals surface area contributed by atoms with Crippen molar-refractivity contribution < 1.29 is 18.8 Å². The van der Waals surface area contributed by atoms with Gasteiger partial charge in [0.05, 0.1) is 0 Å². The number of hydrogen-bond donors (Lipinski definition) is 3. The van der Waals surface area contributed by atoms with Gasteiger partial charge in [-0.25, -0.2) is 9.18 Å². The molecule has 1 saturated heterocycles. The minimum atomic E-state index is -0.657. The molecular weight excluding hydrogens is 411 g/mol. The van der Waals surface area contributed by atoms with Gasteiger partial charge in [-0.05, 0) is 49.6 Å². The SMILES string of the molecule is CC(=O)N[C@@H](Cc1ccc(C)cc1)C(=O)NC1CCN(C(=O)Nc2ccc(F)cc2)CC1. The molecule has 0 radical (unpaired) electrons. The highest BCUT2D eigenvalue weighted by atomic mass is 19.1. The molecule has 0 aromatic heterocycles. The monoisotopic (exact) mass is 440 g/mol. The molecule has 1 aliphatic rings. The van der Waals surface area contributed by atoms with Crippen LogP contribution in [0.25, 0.3) is 0 Å². The topological polar surface area (TPSA) is 90.5 Å². The van der Waals surface area contributed by atoms with Crippen molar-refractivity contribution in [2.45, 2.75) is 45.2 Å². The summed E-state index contributed by atoms with van der Waals surface area (Å²) < 4.78 is 13.0. The molecule has 2 aromatic rings. The van der Waals surface area contributed by atoms with Crippen molar-refractivity contribution in [3.05, 3.63) is 65.5 Å². The van der Waals surface area contributed by atoms with E-state index in [4.69, 9.17) is 0 Å². The number of carbonyl (C=O) groups is 3. The van der Waals surface area contributed by atoms with E-state index in [1.54, 1.807) is 4.90 Å². The van der Waals surface area contributed by atoms with Gasteiger partial charge in [0.25, 0.3) is 0 Å². The first-order valence-electron chi connectivity index (χ1n) is 10.7. The molecule has 1 heterocycles. The Hall–Kier alpha value is -3.42. The highest BCUT2D eigenvalue weighted by Gasteiger charge is 2.27. The van der Waals surface area contributed by atoms with Crippen molar-refractivity contribution in [1.29, 1.82) is 0 Å². The number of rotatable bonds is 6. The minimum absolute atomic E-state index is 0.0772. The van der Waals surface area contributed by atoms with E-state index in [0.29, 0.717) is 38.0 Å². The number of piperidine rings is 1. The van der Waals surface area contributed by atoms with Crippen molar-refractivity contribution in [3.8, 4) is 0 Å². The molecule has 3 rings (SSSR count). The first-order chi connectivity index (χ1) is 15.3. The van der Waals surface area contributed by atoms with E-state index in [9.17, 15) is 18.8 Å². The maximum absolute atomic E-state index is 13.0. The zero-order chi connectivity index (χ0) is 23.1. The molecule has 0 unspecified atom stereocenters.